The van der Waals surface area contributed by atoms with E-state index in [0.717, 1.165) is 26.1 Å². The number of rotatable bonds is 5. The van der Waals surface area contributed by atoms with Crippen LogP contribution in [-0.4, -0.2) is 26.1 Å². The largest absolute Gasteiger partial charge is 0.294 e. The summed E-state index contributed by atoms with van der Waals surface area (Å²) >= 11 is 0. The zero-order valence-electron chi connectivity index (χ0n) is 12.6. The zero-order valence-corrected chi connectivity index (χ0v) is 13.4. The SMILES string of the molecule is CS(=O)(=O)Nc1ccc2c(c1)CN(CCc1ccccc1)C2. The van der Waals surface area contributed by atoms with Crippen molar-refractivity contribution in [3.8, 4) is 0 Å². The Labute approximate surface area is 131 Å². The summed E-state index contributed by atoms with van der Waals surface area (Å²) in [5.41, 5.74) is 4.48. The summed E-state index contributed by atoms with van der Waals surface area (Å²) in [6.45, 7) is 2.82. The Kier molecular flexibility index (Phi) is 4.18. The summed E-state index contributed by atoms with van der Waals surface area (Å²) < 4.78 is 25.1. The van der Waals surface area contributed by atoms with Gasteiger partial charge in [-0.05, 0) is 35.2 Å². The van der Waals surface area contributed by atoms with Gasteiger partial charge in [-0.15, -0.1) is 0 Å². The highest BCUT2D eigenvalue weighted by atomic mass is 32.2. The second-order valence-electron chi connectivity index (χ2n) is 5.80. The van der Waals surface area contributed by atoms with Crippen LogP contribution in [0.5, 0.6) is 0 Å². The maximum atomic E-state index is 11.3. The van der Waals surface area contributed by atoms with Crippen molar-refractivity contribution in [1.29, 1.82) is 0 Å². The molecule has 0 saturated heterocycles. The second-order valence-corrected chi connectivity index (χ2v) is 7.55. The van der Waals surface area contributed by atoms with E-state index >= 15 is 0 Å². The molecule has 2 aromatic carbocycles. The summed E-state index contributed by atoms with van der Waals surface area (Å²) in [6.07, 6.45) is 2.20. The number of anilines is 1. The van der Waals surface area contributed by atoms with Crippen LogP contribution in [0.2, 0.25) is 0 Å². The van der Waals surface area contributed by atoms with Gasteiger partial charge in [0.15, 0.2) is 0 Å². The molecule has 2 aromatic rings. The Balaban J connectivity index is 1.63. The molecule has 0 fully saturated rings. The lowest BCUT2D eigenvalue weighted by atomic mass is 10.1. The number of hydrogen-bond acceptors (Lipinski definition) is 3. The van der Waals surface area contributed by atoms with Gasteiger partial charge in [-0.25, -0.2) is 8.42 Å². The molecule has 22 heavy (non-hydrogen) atoms. The lowest BCUT2D eigenvalue weighted by Crippen LogP contribution is -2.19. The smallest absolute Gasteiger partial charge is 0.229 e. The van der Waals surface area contributed by atoms with Gasteiger partial charge in [-0.1, -0.05) is 36.4 Å². The van der Waals surface area contributed by atoms with Crippen LogP contribution in [0.15, 0.2) is 48.5 Å². The molecule has 0 amide bonds. The van der Waals surface area contributed by atoms with E-state index in [9.17, 15) is 8.42 Å². The molecule has 3 rings (SSSR count). The Hall–Kier alpha value is -1.85. The molecule has 5 heteroatoms. The minimum absolute atomic E-state index is 0.645. The van der Waals surface area contributed by atoms with E-state index in [1.165, 1.54) is 22.9 Å². The van der Waals surface area contributed by atoms with Crippen molar-refractivity contribution in [2.75, 3.05) is 17.5 Å². The maximum absolute atomic E-state index is 11.3. The number of nitrogens with one attached hydrogen (secondary N) is 1. The molecule has 4 nitrogen and oxygen atoms in total. The Morgan fingerprint density at radius 1 is 1.05 bits per heavy atom. The van der Waals surface area contributed by atoms with Crippen molar-refractivity contribution in [3.63, 3.8) is 0 Å². The van der Waals surface area contributed by atoms with Crippen LogP contribution in [0.25, 0.3) is 0 Å². The van der Waals surface area contributed by atoms with Crippen LogP contribution in [0.1, 0.15) is 16.7 Å². The van der Waals surface area contributed by atoms with Crippen molar-refractivity contribution in [3.05, 3.63) is 65.2 Å². The number of benzene rings is 2. The molecule has 1 heterocycles. The Bertz CT molecular complexity index is 757. The number of nitrogens with zero attached hydrogens (tertiary/aromatic N) is 1. The third-order valence-corrected chi connectivity index (χ3v) is 4.46. The lowest BCUT2D eigenvalue weighted by Gasteiger charge is -2.14. The predicted octanol–water partition coefficient (Wildman–Crippen LogP) is 2.62. The van der Waals surface area contributed by atoms with E-state index in [0.29, 0.717) is 5.69 Å². The van der Waals surface area contributed by atoms with Gasteiger partial charge < -0.3 is 0 Å². The first-order chi connectivity index (χ1) is 10.5. The number of fused-ring (bicyclic) bond motifs is 1. The lowest BCUT2D eigenvalue weighted by molar-refractivity contribution is 0.288. The molecule has 1 aliphatic heterocycles. The minimum atomic E-state index is -3.22. The summed E-state index contributed by atoms with van der Waals surface area (Å²) in [7, 11) is -3.22. The fourth-order valence-electron chi connectivity index (χ4n) is 2.83. The van der Waals surface area contributed by atoms with Gasteiger partial charge in [-0.2, -0.15) is 0 Å². The van der Waals surface area contributed by atoms with Gasteiger partial charge in [0.25, 0.3) is 0 Å². The van der Waals surface area contributed by atoms with Crippen LogP contribution >= 0.6 is 0 Å². The minimum Gasteiger partial charge on any atom is -0.294 e. The third kappa shape index (κ3) is 3.87. The van der Waals surface area contributed by atoms with E-state index in [1.807, 2.05) is 24.3 Å². The van der Waals surface area contributed by atoms with E-state index in [4.69, 9.17) is 0 Å². The molecule has 0 atom stereocenters. The molecule has 0 radical (unpaired) electrons. The van der Waals surface area contributed by atoms with Crippen molar-refractivity contribution in [2.45, 2.75) is 19.5 Å². The van der Waals surface area contributed by atoms with Crippen molar-refractivity contribution in [2.24, 2.45) is 0 Å². The first-order valence-electron chi connectivity index (χ1n) is 7.35. The molecule has 1 N–H and O–H groups in total. The maximum Gasteiger partial charge on any atom is 0.229 e. The van der Waals surface area contributed by atoms with E-state index < -0.39 is 10.0 Å². The molecule has 0 aromatic heterocycles. The van der Waals surface area contributed by atoms with Crippen LogP contribution < -0.4 is 4.72 Å². The fraction of sp³-hybridized carbons (Fsp3) is 0.294. The standard InChI is InChI=1S/C17H20N2O2S/c1-22(20,21)18-17-8-7-15-12-19(13-16(15)11-17)10-9-14-5-3-2-4-6-14/h2-8,11,18H,9-10,12-13H2,1H3. The monoisotopic (exact) mass is 316 g/mol. The molecular weight excluding hydrogens is 296 g/mol. The normalized spacial score (nSPS) is 14.8. The zero-order chi connectivity index (χ0) is 15.6. The Morgan fingerprint density at radius 3 is 2.50 bits per heavy atom. The van der Waals surface area contributed by atoms with Crippen molar-refractivity contribution >= 4 is 15.7 Å². The molecule has 0 spiro atoms. The second kappa shape index (κ2) is 6.10. The topological polar surface area (TPSA) is 49.4 Å². The summed E-state index contributed by atoms with van der Waals surface area (Å²) in [5.74, 6) is 0. The molecule has 116 valence electrons. The summed E-state index contributed by atoms with van der Waals surface area (Å²) in [4.78, 5) is 2.39. The quantitative estimate of drug-likeness (QED) is 0.922. The molecule has 0 saturated carbocycles. The third-order valence-electron chi connectivity index (χ3n) is 3.86. The predicted molar refractivity (Wildman–Crippen MR) is 89.2 cm³/mol. The van der Waals surface area contributed by atoms with Crippen molar-refractivity contribution in [1.82, 2.24) is 4.90 Å². The highest BCUT2D eigenvalue weighted by molar-refractivity contribution is 7.92. The average molecular weight is 316 g/mol. The summed E-state index contributed by atoms with van der Waals surface area (Å²) in [6, 6.07) is 16.3. The number of sulfonamides is 1. The van der Waals surface area contributed by atoms with E-state index in [2.05, 4.69) is 33.9 Å². The highest BCUT2D eigenvalue weighted by Crippen LogP contribution is 2.26. The molecule has 0 unspecified atom stereocenters. The van der Waals surface area contributed by atoms with E-state index in [1.54, 1.807) is 0 Å². The van der Waals surface area contributed by atoms with Crippen molar-refractivity contribution < 1.29 is 8.42 Å². The van der Waals surface area contributed by atoms with Gasteiger partial charge in [0.05, 0.1) is 6.26 Å². The van der Waals surface area contributed by atoms with Gasteiger partial charge in [-0.3, -0.25) is 9.62 Å². The highest BCUT2D eigenvalue weighted by Gasteiger charge is 2.19. The average Bonchev–Trinajstić information content (AvgIpc) is 2.86. The van der Waals surface area contributed by atoms with Gasteiger partial charge in [0, 0.05) is 25.3 Å². The molecule has 0 aliphatic carbocycles. The van der Waals surface area contributed by atoms with Gasteiger partial charge >= 0.3 is 0 Å². The summed E-state index contributed by atoms with van der Waals surface area (Å²) in [5, 5.41) is 0. The van der Waals surface area contributed by atoms with E-state index in [-0.39, 0.29) is 0 Å². The first-order valence-corrected chi connectivity index (χ1v) is 9.25. The first kappa shape index (κ1) is 15.1. The van der Waals surface area contributed by atoms with Crippen LogP contribution in [0.3, 0.4) is 0 Å². The molecular formula is C17H20N2O2S. The molecule has 1 aliphatic rings. The van der Waals surface area contributed by atoms with Gasteiger partial charge in [0.2, 0.25) is 10.0 Å². The molecule has 0 bridgehead atoms. The van der Waals surface area contributed by atoms with Gasteiger partial charge in [0.1, 0.15) is 0 Å². The van der Waals surface area contributed by atoms with Crippen LogP contribution in [0, 0.1) is 0 Å². The Morgan fingerprint density at radius 2 is 1.77 bits per heavy atom. The van der Waals surface area contributed by atoms with Crippen LogP contribution in [-0.2, 0) is 29.5 Å². The van der Waals surface area contributed by atoms with Crippen LogP contribution in [0.4, 0.5) is 5.69 Å². The number of hydrogen-bond donors (Lipinski definition) is 1. The fourth-order valence-corrected chi connectivity index (χ4v) is 3.39.